The maximum absolute atomic E-state index is 6.57. The zero-order valence-corrected chi connectivity index (χ0v) is 27.2. The van der Waals surface area contributed by atoms with Crippen LogP contribution < -0.4 is 0 Å². The van der Waals surface area contributed by atoms with Gasteiger partial charge >= 0.3 is 0 Å². The van der Waals surface area contributed by atoms with Gasteiger partial charge in [0.25, 0.3) is 0 Å². The van der Waals surface area contributed by atoms with E-state index in [1.165, 1.54) is 66.1 Å². The molecule has 0 atom stereocenters. The molecule has 49 heavy (non-hydrogen) atoms. The molecule has 1 aliphatic carbocycles. The van der Waals surface area contributed by atoms with Crippen molar-refractivity contribution in [3.8, 4) is 33.4 Å². The van der Waals surface area contributed by atoms with Crippen molar-refractivity contribution in [3.05, 3.63) is 157 Å². The molecule has 2 heteroatoms. The average Bonchev–Trinajstić information content (AvgIpc) is 3.79. The molecule has 11 rings (SSSR count). The Morgan fingerprint density at radius 2 is 1.14 bits per heavy atom. The van der Waals surface area contributed by atoms with Crippen LogP contribution in [0.15, 0.2) is 154 Å². The third-order valence-corrected chi connectivity index (χ3v) is 11.0. The summed E-state index contributed by atoms with van der Waals surface area (Å²) in [7, 11) is 0. The molecule has 0 aliphatic heterocycles. The standard InChI is InChI=1S/C47H30O2/c1-47(2)39-26-30(31-15-9-17-42-43(31)36-22-18-27-10-3-6-13-33(27)46(36)49-42)19-21-35(39)44-32-12-5-4-11-28(32)24-37(45(44)47)29-20-23-41-38(25-29)34-14-7-8-16-40(34)48-41/h3-26H,1-2H3. The minimum Gasteiger partial charge on any atom is -0.456 e. The van der Waals surface area contributed by atoms with Gasteiger partial charge in [-0.1, -0.05) is 117 Å². The van der Waals surface area contributed by atoms with Gasteiger partial charge in [-0.2, -0.15) is 0 Å². The number of benzene rings is 8. The van der Waals surface area contributed by atoms with Crippen LogP contribution in [0.1, 0.15) is 25.0 Å². The summed E-state index contributed by atoms with van der Waals surface area (Å²) in [6.45, 7) is 4.79. The summed E-state index contributed by atoms with van der Waals surface area (Å²) in [4.78, 5) is 0. The Kier molecular flexibility index (Phi) is 5.21. The third kappa shape index (κ3) is 3.61. The molecule has 0 saturated heterocycles. The minimum absolute atomic E-state index is 0.240. The molecule has 0 unspecified atom stereocenters. The molecule has 0 spiro atoms. The van der Waals surface area contributed by atoms with E-state index in [4.69, 9.17) is 8.83 Å². The molecule has 0 fully saturated rings. The monoisotopic (exact) mass is 626 g/mol. The Hall–Kier alpha value is -6.12. The zero-order valence-electron chi connectivity index (χ0n) is 27.2. The molecular formula is C47H30O2. The highest BCUT2D eigenvalue weighted by atomic mass is 16.3. The van der Waals surface area contributed by atoms with Gasteiger partial charge in [0, 0.05) is 32.3 Å². The van der Waals surface area contributed by atoms with Gasteiger partial charge in [-0.25, -0.2) is 0 Å². The maximum atomic E-state index is 6.57. The number of hydrogen-bond acceptors (Lipinski definition) is 2. The molecule has 230 valence electrons. The molecule has 0 bridgehead atoms. The minimum atomic E-state index is -0.240. The quantitative estimate of drug-likeness (QED) is 0.191. The highest BCUT2D eigenvalue weighted by Gasteiger charge is 2.39. The van der Waals surface area contributed by atoms with Crippen molar-refractivity contribution in [2.75, 3.05) is 0 Å². The van der Waals surface area contributed by atoms with Crippen LogP contribution >= 0.6 is 0 Å². The highest BCUT2D eigenvalue weighted by molar-refractivity contribution is 6.19. The van der Waals surface area contributed by atoms with Gasteiger partial charge < -0.3 is 8.83 Å². The molecule has 10 aromatic rings. The molecule has 1 aliphatic rings. The van der Waals surface area contributed by atoms with Crippen LogP contribution in [0, 0.1) is 0 Å². The molecule has 2 heterocycles. The topological polar surface area (TPSA) is 26.3 Å². The fourth-order valence-electron chi connectivity index (χ4n) is 8.77. The predicted octanol–water partition coefficient (Wildman–Crippen LogP) is 13.4. The van der Waals surface area contributed by atoms with Gasteiger partial charge in [-0.15, -0.1) is 0 Å². The van der Waals surface area contributed by atoms with Crippen LogP contribution in [0.25, 0.3) is 98.8 Å². The second-order valence-corrected chi connectivity index (χ2v) is 14.0. The van der Waals surface area contributed by atoms with E-state index in [1.54, 1.807) is 0 Å². The van der Waals surface area contributed by atoms with Crippen molar-refractivity contribution in [3.63, 3.8) is 0 Å². The molecular weight excluding hydrogens is 597 g/mol. The summed E-state index contributed by atoms with van der Waals surface area (Å²) in [6.07, 6.45) is 0. The van der Waals surface area contributed by atoms with Crippen LogP contribution in [-0.4, -0.2) is 0 Å². The first-order valence-corrected chi connectivity index (χ1v) is 17.0. The summed E-state index contributed by atoms with van der Waals surface area (Å²) in [5.74, 6) is 0. The summed E-state index contributed by atoms with van der Waals surface area (Å²) in [5.41, 5.74) is 13.7. The van der Waals surface area contributed by atoms with Crippen molar-refractivity contribution in [2.24, 2.45) is 0 Å². The number of hydrogen-bond donors (Lipinski definition) is 0. The van der Waals surface area contributed by atoms with E-state index in [0.29, 0.717) is 0 Å². The predicted molar refractivity (Wildman–Crippen MR) is 204 cm³/mol. The Labute approximate surface area is 282 Å². The van der Waals surface area contributed by atoms with E-state index in [9.17, 15) is 0 Å². The largest absolute Gasteiger partial charge is 0.456 e. The lowest BCUT2D eigenvalue weighted by Crippen LogP contribution is -2.16. The van der Waals surface area contributed by atoms with E-state index >= 15 is 0 Å². The van der Waals surface area contributed by atoms with E-state index in [2.05, 4.69) is 153 Å². The van der Waals surface area contributed by atoms with Gasteiger partial charge in [-0.05, 0) is 103 Å². The normalized spacial score (nSPS) is 13.7. The molecule has 2 aromatic heterocycles. The SMILES string of the molecule is CC1(C)c2cc(-c3cccc4oc5c6ccccc6ccc5c34)ccc2-c2c1c(-c1ccc3oc4ccccc4c3c1)cc1ccccc21. The van der Waals surface area contributed by atoms with Crippen LogP contribution in [0.5, 0.6) is 0 Å². The number of rotatable bonds is 2. The smallest absolute Gasteiger partial charge is 0.143 e. The zero-order chi connectivity index (χ0) is 32.4. The second-order valence-electron chi connectivity index (χ2n) is 14.0. The van der Waals surface area contributed by atoms with Crippen LogP contribution in [0.4, 0.5) is 0 Å². The Morgan fingerprint density at radius 3 is 2.04 bits per heavy atom. The molecule has 0 saturated carbocycles. The van der Waals surface area contributed by atoms with Crippen LogP contribution in [0.2, 0.25) is 0 Å². The molecule has 0 radical (unpaired) electrons. The first kappa shape index (κ1) is 26.9. The Morgan fingerprint density at radius 1 is 0.429 bits per heavy atom. The first-order valence-electron chi connectivity index (χ1n) is 17.0. The van der Waals surface area contributed by atoms with E-state index in [1.807, 2.05) is 6.07 Å². The average molecular weight is 627 g/mol. The number of para-hydroxylation sites is 1. The third-order valence-electron chi connectivity index (χ3n) is 11.0. The van der Waals surface area contributed by atoms with Crippen molar-refractivity contribution in [1.82, 2.24) is 0 Å². The molecule has 0 amide bonds. The summed E-state index contributed by atoms with van der Waals surface area (Å²) in [6, 6.07) is 52.7. The van der Waals surface area contributed by atoms with Gasteiger partial charge in [0.1, 0.15) is 22.3 Å². The molecule has 0 N–H and O–H groups in total. The second kappa shape index (κ2) is 9.49. The molecule has 2 nitrogen and oxygen atoms in total. The lowest BCUT2D eigenvalue weighted by atomic mass is 9.77. The fourth-order valence-corrected chi connectivity index (χ4v) is 8.77. The summed E-state index contributed by atoms with van der Waals surface area (Å²) >= 11 is 0. The number of fused-ring (bicyclic) bond motifs is 13. The lowest BCUT2D eigenvalue weighted by Gasteiger charge is -2.25. The van der Waals surface area contributed by atoms with Gasteiger partial charge in [-0.3, -0.25) is 0 Å². The van der Waals surface area contributed by atoms with Gasteiger partial charge in [0.2, 0.25) is 0 Å². The van der Waals surface area contributed by atoms with Crippen molar-refractivity contribution < 1.29 is 8.83 Å². The highest BCUT2D eigenvalue weighted by Crippen LogP contribution is 2.56. The van der Waals surface area contributed by atoms with E-state index < -0.39 is 0 Å². The first-order chi connectivity index (χ1) is 24.0. The van der Waals surface area contributed by atoms with Gasteiger partial charge in [0.05, 0.1) is 0 Å². The Bertz CT molecular complexity index is 3020. The Balaban J connectivity index is 1.15. The van der Waals surface area contributed by atoms with Crippen LogP contribution in [-0.2, 0) is 5.41 Å². The van der Waals surface area contributed by atoms with Gasteiger partial charge in [0.15, 0.2) is 0 Å². The van der Waals surface area contributed by atoms with Crippen molar-refractivity contribution in [1.29, 1.82) is 0 Å². The molecule has 8 aromatic carbocycles. The van der Waals surface area contributed by atoms with Crippen molar-refractivity contribution >= 4 is 65.4 Å². The lowest BCUT2D eigenvalue weighted by molar-refractivity contribution is 0.662. The fraction of sp³-hybridized carbons (Fsp3) is 0.0638. The van der Waals surface area contributed by atoms with Crippen LogP contribution in [0.3, 0.4) is 0 Å². The maximum Gasteiger partial charge on any atom is 0.143 e. The van der Waals surface area contributed by atoms with E-state index in [-0.39, 0.29) is 5.41 Å². The summed E-state index contributed by atoms with van der Waals surface area (Å²) < 4.78 is 12.8. The van der Waals surface area contributed by atoms with Crippen molar-refractivity contribution in [2.45, 2.75) is 19.3 Å². The summed E-state index contributed by atoms with van der Waals surface area (Å²) in [5, 5.41) is 9.51. The van der Waals surface area contributed by atoms with E-state index in [0.717, 1.165) is 43.9 Å². The number of furan rings is 2.